The number of nitrogens with zero attached hydrogens (tertiary/aromatic N) is 5. The number of aromatic nitrogens is 3. The molecule has 0 N–H and O–H groups in total. The minimum atomic E-state index is -0.789. The van der Waals surface area contributed by atoms with Gasteiger partial charge in [-0.2, -0.15) is 0 Å². The third kappa shape index (κ3) is 8.93. The number of amides is 3. The molecule has 0 radical (unpaired) electrons. The SMILES string of the molecule is C#CCN(CCCCCCN1C(=O)C2[C@@H](C1=O)[C@@H]1C=C[C@H]2C1)C(=O)CCC(=O)OCc1cn(C(CC(C)(C)C(=O)OCC)c2ccccc2)nn1. The highest BCUT2D eigenvalue weighted by Crippen LogP contribution is 2.52. The van der Waals surface area contributed by atoms with Gasteiger partial charge in [-0.1, -0.05) is 66.5 Å². The third-order valence-electron chi connectivity index (χ3n) is 10.3. The average molecular weight is 700 g/mol. The number of allylic oxidation sites excluding steroid dienone is 2. The Balaban J connectivity index is 1.02. The second kappa shape index (κ2) is 16.9. The van der Waals surface area contributed by atoms with Crippen molar-refractivity contribution >= 4 is 29.7 Å². The molecule has 2 heterocycles. The van der Waals surface area contributed by atoms with E-state index in [0.29, 0.717) is 31.8 Å². The quantitative estimate of drug-likeness (QED) is 0.0682. The molecule has 1 aliphatic heterocycles. The van der Waals surface area contributed by atoms with Crippen molar-refractivity contribution in [2.75, 3.05) is 26.2 Å². The summed E-state index contributed by atoms with van der Waals surface area (Å²) in [6.07, 6.45) is 15.7. The summed E-state index contributed by atoms with van der Waals surface area (Å²) in [4.78, 5) is 66.9. The first-order chi connectivity index (χ1) is 24.5. The molecule has 2 aliphatic carbocycles. The lowest BCUT2D eigenvalue weighted by Crippen LogP contribution is -2.34. The fourth-order valence-electron chi connectivity index (χ4n) is 7.57. The molecule has 1 aromatic carbocycles. The Bertz CT molecular complexity index is 1610. The summed E-state index contributed by atoms with van der Waals surface area (Å²) in [5.41, 5.74) is 0.590. The van der Waals surface area contributed by atoms with Crippen LogP contribution in [0.1, 0.15) is 89.4 Å². The summed E-state index contributed by atoms with van der Waals surface area (Å²) in [7, 11) is 0. The molecule has 3 aliphatic rings. The van der Waals surface area contributed by atoms with E-state index < -0.39 is 11.4 Å². The minimum absolute atomic E-state index is 0.0128. The number of likely N-dealkylation sites (tertiary alicyclic amines) is 1. The van der Waals surface area contributed by atoms with Gasteiger partial charge in [-0.15, -0.1) is 11.5 Å². The zero-order chi connectivity index (χ0) is 36.5. The van der Waals surface area contributed by atoms with Crippen molar-refractivity contribution in [1.29, 1.82) is 0 Å². The lowest BCUT2D eigenvalue weighted by molar-refractivity contribution is -0.154. The van der Waals surface area contributed by atoms with Gasteiger partial charge in [-0.05, 0) is 63.9 Å². The molecule has 2 aromatic rings. The highest BCUT2D eigenvalue weighted by atomic mass is 16.5. The molecule has 51 heavy (non-hydrogen) atoms. The molecular weight excluding hydrogens is 650 g/mol. The van der Waals surface area contributed by atoms with Crippen LogP contribution in [0.4, 0.5) is 0 Å². The van der Waals surface area contributed by atoms with Crippen molar-refractivity contribution in [3.8, 4) is 12.3 Å². The van der Waals surface area contributed by atoms with Crippen LogP contribution in [0.15, 0.2) is 48.7 Å². The number of carbonyl (C=O) groups excluding carboxylic acids is 5. The van der Waals surface area contributed by atoms with Crippen LogP contribution in [0.5, 0.6) is 0 Å². The van der Waals surface area contributed by atoms with E-state index in [-0.39, 0.29) is 79.4 Å². The summed E-state index contributed by atoms with van der Waals surface area (Å²) in [6.45, 7) is 6.66. The van der Waals surface area contributed by atoms with Crippen molar-refractivity contribution in [2.45, 2.75) is 84.8 Å². The van der Waals surface area contributed by atoms with Crippen molar-refractivity contribution in [3.05, 3.63) is 59.9 Å². The molecule has 272 valence electrons. The van der Waals surface area contributed by atoms with Crippen LogP contribution in [-0.4, -0.2) is 80.7 Å². The number of imide groups is 1. The molecular formula is C39H49N5O7. The number of hydrogen-bond donors (Lipinski definition) is 0. The largest absolute Gasteiger partial charge is 0.466 e. The fraction of sp³-hybridized carbons (Fsp3) is 0.564. The molecule has 2 bridgehead atoms. The van der Waals surface area contributed by atoms with Crippen LogP contribution >= 0.6 is 0 Å². The number of hydrogen-bond acceptors (Lipinski definition) is 9. The van der Waals surface area contributed by atoms with E-state index in [0.717, 1.165) is 37.7 Å². The third-order valence-corrected chi connectivity index (χ3v) is 10.3. The first kappa shape index (κ1) is 37.5. The summed E-state index contributed by atoms with van der Waals surface area (Å²) in [5, 5.41) is 8.46. The maximum atomic E-state index is 12.9. The lowest BCUT2D eigenvalue weighted by atomic mass is 9.83. The number of carbonyl (C=O) groups is 5. The Kier molecular flexibility index (Phi) is 12.4. The van der Waals surface area contributed by atoms with Crippen LogP contribution in [0.3, 0.4) is 0 Å². The van der Waals surface area contributed by atoms with Gasteiger partial charge in [0.2, 0.25) is 17.7 Å². The maximum Gasteiger partial charge on any atom is 0.311 e. The van der Waals surface area contributed by atoms with E-state index in [1.165, 1.54) is 4.90 Å². The normalized spacial score (nSPS) is 21.0. The Morgan fingerprint density at radius 3 is 2.35 bits per heavy atom. The van der Waals surface area contributed by atoms with Crippen molar-refractivity contribution in [3.63, 3.8) is 0 Å². The Hall–Kier alpha value is -4.79. The Morgan fingerprint density at radius 2 is 1.69 bits per heavy atom. The van der Waals surface area contributed by atoms with E-state index >= 15 is 0 Å². The van der Waals surface area contributed by atoms with Crippen LogP contribution in [0.2, 0.25) is 0 Å². The summed E-state index contributed by atoms with van der Waals surface area (Å²) < 4.78 is 12.4. The van der Waals surface area contributed by atoms with Gasteiger partial charge in [0, 0.05) is 19.5 Å². The van der Waals surface area contributed by atoms with E-state index in [9.17, 15) is 24.0 Å². The van der Waals surface area contributed by atoms with Crippen LogP contribution in [0, 0.1) is 41.4 Å². The molecule has 12 heteroatoms. The molecule has 1 saturated carbocycles. The van der Waals surface area contributed by atoms with Gasteiger partial charge in [0.15, 0.2) is 0 Å². The molecule has 5 rings (SSSR count). The van der Waals surface area contributed by atoms with Crippen molar-refractivity contribution < 1.29 is 33.4 Å². The zero-order valence-corrected chi connectivity index (χ0v) is 29.9. The molecule has 5 atom stereocenters. The molecule has 12 nitrogen and oxygen atoms in total. The molecule has 2 unspecified atom stereocenters. The van der Waals surface area contributed by atoms with Crippen LogP contribution < -0.4 is 0 Å². The highest BCUT2D eigenvalue weighted by molar-refractivity contribution is 6.06. The van der Waals surface area contributed by atoms with Crippen molar-refractivity contribution in [1.82, 2.24) is 24.8 Å². The molecule has 3 amide bonds. The van der Waals surface area contributed by atoms with Gasteiger partial charge in [-0.25, -0.2) is 4.68 Å². The van der Waals surface area contributed by atoms with Gasteiger partial charge in [0.1, 0.15) is 12.3 Å². The second-order valence-electron chi connectivity index (χ2n) is 14.3. The lowest BCUT2D eigenvalue weighted by Gasteiger charge is -2.28. The number of fused-ring (bicyclic) bond motifs is 5. The first-order valence-corrected chi connectivity index (χ1v) is 18.1. The minimum Gasteiger partial charge on any atom is -0.466 e. The van der Waals surface area contributed by atoms with E-state index in [2.05, 4.69) is 28.4 Å². The first-order valence-electron chi connectivity index (χ1n) is 18.1. The summed E-state index contributed by atoms with van der Waals surface area (Å²) in [6, 6.07) is 9.35. The molecule has 1 saturated heterocycles. The number of unbranched alkanes of at least 4 members (excludes halogenated alkanes) is 3. The molecule has 1 aromatic heterocycles. The zero-order valence-electron chi connectivity index (χ0n) is 29.9. The van der Waals surface area contributed by atoms with Crippen LogP contribution in [0.25, 0.3) is 0 Å². The molecule has 0 spiro atoms. The number of rotatable bonds is 19. The van der Waals surface area contributed by atoms with Crippen molar-refractivity contribution in [2.24, 2.45) is 29.1 Å². The van der Waals surface area contributed by atoms with E-state index in [4.69, 9.17) is 15.9 Å². The second-order valence-corrected chi connectivity index (χ2v) is 14.3. The predicted molar refractivity (Wildman–Crippen MR) is 187 cm³/mol. The number of esters is 2. The average Bonchev–Trinajstić information content (AvgIpc) is 3.92. The Labute approximate surface area is 299 Å². The van der Waals surface area contributed by atoms with Gasteiger partial charge < -0.3 is 14.4 Å². The van der Waals surface area contributed by atoms with E-state index in [1.807, 2.05) is 44.2 Å². The van der Waals surface area contributed by atoms with Gasteiger partial charge in [0.25, 0.3) is 0 Å². The topological polar surface area (TPSA) is 141 Å². The number of benzene rings is 1. The smallest absolute Gasteiger partial charge is 0.311 e. The number of terminal acetylenes is 1. The van der Waals surface area contributed by atoms with Gasteiger partial charge in [0.05, 0.1) is 49.1 Å². The monoisotopic (exact) mass is 699 g/mol. The Morgan fingerprint density at radius 1 is 1.00 bits per heavy atom. The standard InChI is InChI=1S/C39H49N5O7/c1-5-20-42(21-12-7-8-13-22-43-36(47)34-28-16-17-29(23-28)35(34)37(43)48)32(45)18-19-33(46)51-26-30-25-44(41-40-30)31(27-14-10-9-11-15-27)24-39(3,4)38(49)50-6-2/h1,9-11,14-17,25,28-29,31,34-35H,6-8,12-13,18-24,26H2,2-4H3/t28-,29+,31?,34+,35?/m1/s1. The van der Waals surface area contributed by atoms with Gasteiger partial charge >= 0.3 is 11.9 Å². The fourth-order valence-corrected chi connectivity index (χ4v) is 7.57. The highest BCUT2D eigenvalue weighted by Gasteiger charge is 2.58. The predicted octanol–water partition coefficient (Wildman–Crippen LogP) is 4.50. The van der Waals surface area contributed by atoms with Gasteiger partial charge in [-0.3, -0.25) is 28.9 Å². The van der Waals surface area contributed by atoms with E-state index in [1.54, 1.807) is 22.7 Å². The van der Waals surface area contributed by atoms with Crippen LogP contribution in [-0.2, 0) is 40.1 Å². The summed E-state index contributed by atoms with van der Waals surface area (Å²) >= 11 is 0. The number of ether oxygens (including phenoxy) is 2. The molecule has 2 fully saturated rings. The maximum absolute atomic E-state index is 12.9. The summed E-state index contributed by atoms with van der Waals surface area (Å²) in [5.74, 6) is 1.53.